The van der Waals surface area contributed by atoms with Gasteiger partial charge in [0, 0.05) is 24.7 Å². The van der Waals surface area contributed by atoms with Crippen molar-refractivity contribution in [1.29, 1.82) is 0 Å². The van der Waals surface area contributed by atoms with Crippen LogP contribution in [0.2, 0.25) is 0 Å². The number of aromatic nitrogens is 1. The molecular weight excluding hydrogens is 310 g/mol. The van der Waals surface area contributed by atoms with Crippen molar-refractivity contribution in [2.75, 3.05) is 26.7 Å². The Hall–Kier alpha value is -2.46. The van der Waals surface area contributed by atoms with Gasteiger partial charge in [-0.3, -0.25) is 9.78 Å². The molecule has 0 saturated carbocycles. The Bertz CT molecular complexity index is 919. The van der Waals surface area contributed by atoms with E-state index in [9.17, 15) is 4.79 Å². The summed E-state index contributed by atoms with van der Waals surface area (Å²) in [5.41, 5.74) is 1.53. The summed E-state index contributed by atoms with van der Waals surface area (Å²) in [6, 6.07) is 14.2. The lowest BCUT2D eigenvalue weighted by Crippen LogP contribution is -2.42. The van der Waals surface area contributed by atoms with E-state index >= 15 is 0 Å². The van der Waals surface area contributed by atoms with Gasteiger partial charge < -0.3 is 10.2 Å². The first kappa shape index (κ1) is 16.0. The molecule has 4 rings (SSSR count). The molecule has 0 spiro atoms. The van der Waals surface area contributed by atoms with Gasteiger partial charge in [0.05, 0.1) is 11.1 Å². The molecule has 1 fully saturated rings. The number of carbonyl (C=O) groups is 1. The summed E-state index contributed by atoms with van der Waals surface area (Å²) < 4.78 is 0. The summed E-state index contributed by atoms with van der Waals surface area (Å²) in [5.74, 6) is 0.637. The SMILES string of the molecule is CNCC1CCCN(C(=O)c2cc3ccccc3c3cccnc23)C1. The number of hydrogen-bond donors (Lipinski definition) is 1. The molecule has 25 heavy (non-hydrogen) atoms. The van der Waals surface area contributed by atoms with Crippen molar-refractivity contribution in [1.82, 2.24) is 15.2 Å². The van der Waals surface area contributed by atoms with Gasteiger partial charge in [-0.15, -0.1) is 0 Å². The number of amides is 1. The van der Waals surface area contributed by atoms with E-state index in [2.05, 4.69) is 28.5 Å². The number of hydrogen-bond acceptors (Lipinski definition) is 3. The van der Waals surface area contributed by atoms with Gasteiger partial charge in [0.15, 0.2) is 0 Å². The Morgan fingerprint density at radius 2 is 2.08 bits per heavy atom. The third-order valence-electron chi connectivity index (χ3n) is 5.14. The lowest BCUT2D eigenvalue weighted by molar-refractivity contribution is 0.0676. The number of pyridine rings is 1. The minimum Gasteiger partial charge on any atom is -0.338 e. The Morgan fingerprint density at radius 3 is 2.96 bits per heavy atom. The zero-order chi connectivity index (χ0) is 17.2. The molecule has 0 bridgehead atoms. The smallest absolute Gasteiger partial charge is 0.256 e. The van der Waals surface area contributed by atoms with Gasteiger partial charge in [-0.05, 0) is 55.3 Å². The van der Waals surface area contributed by atoms with E-state index in [0.29, 0.717) is 5.92 Å². The Morgan fingerprint density at radius 1 is 1.24 bits per heavy atom. The van der Waals surface area contributed by atoms with Gasteiger partial charge in [-0.2, -0.15) is 0 Å². The van der Waals surface area contributed by atoms with E-state index in [4.69, 9.17) is 0 Å². The highest BCUT2D eigenvalue weighted by atomic mass is 16.2. The minimum absolute atomic E-state index is 0.107. The van der Waals surface area contributed by atoms with Crippen LogP contribution in [0.5, 0.6) is 0 Å². The standard InChI is InChI=1S/C21H23N3O/c1-22-13-15-6-5-11-24(14-15)21(25)19-12-16-7-2-3-8-17(16)18-9-4-10-23-20(18)19/h2-4,7-10,12,15,22H,5-6,11,13-14H2,1H3. The third kappa shape index (κ3) is 2.98. The lowest BCUT2D eigenvalue weighted by Gasteiger charge is -2.33. The predicted octanol–water partition coefficient (Wildman–Crippen LogP) is 3.46. The summed E-state index contributed by atoms with van der Waals surface area (Å²) in [4.78, 5) is 19.8. The van der Waals surface area contributed by atoms with Crippen molar-refractivity contribution in [3.8, 4) is 0 Å². The van der Waals surface area contributed by atoms with E-state index in [1.165, 1.54) is 6.42 Å². The highest BCUT2D eigenvalue weighted by molar-refractivity contribution is 6.15. The topological polar surface area (TPSA) is 45.2 Å². The van der Waals surface area contributed by atoms with Crippen LogP contribution in [0.25, 0.3) is 21.7 Å². The molecule has 1 aliphatic heterocycles. The second kappa shape index (κ2) is 6.81. The number of fused-ring (bicyclic) bond motifs is 3. The molecule has 2 aromatic carbocycles. The van der Waals surface area contributed by atoms with E-state index in [1.807, 2.05) is 36.2 Å². The van der Waals surface area contributed by atoms with Crippen molar-refractivity contribution >= 4 is 27.6 Å². The molecule has 0 radical (unpaired) electrons. The Kier molecular flexibility index (Phi) is 4.36. The molecule has 4 nitrogen and oxygen atoms in total. The number of likely N-dealkylation sites (tertiary alicyclic amines) is 1. The quantitative estimate of drug-likeness (QED) is 0.747. The van der Waals surface area contributed by atoms with Gasteiger partial charge in [0.2, 0.25) is 0 Å². The summed E-state index contributed by atoms with van der Waals surface area (Å²) in [7, 11) is 1.97. The lowest BCUT2D eigenvalue weighted by atomic mass is 9.96. The van der Waals surface area contributed by atoms with E-state index in [1.54, 1.807) is 6.20 Å². The van der Waals surface area contributed by atoms with Crippen molar-refractivity contribution in [2.45, 2.75) is 12.8 Å². The Labute approximate surface area is 147 Å². The maximum atomic E-state index is 13.3. The number of carbonyl (C=O) groups excluding carboxylic acids is 1. The first-order chi connectivity index (χ1) is 12.3. The van der Waals surface area contributed by atoms with Gasteiger partial charge in [0.25, 0.3) is 5.91 Å². The fourth-order valence-corrected chi connectivity index (χ4v) is 3.97. The molecule has 3 aromatic rings. The molecule has 1 unspecified atom stereocenters. The van der Waals surface area contributed by atoms with Crippen molar-refractivity contribution in [3.63, 3.8) is 0 Å². The highest BCUT2D eigenvalue weighted by Crippen LogP contribution is 2.29. The molecule has 1 amide bonds. The van der Waals surface area contributed by atoms with Crippen molar-refractivity contribution in [3.05, 3.63) is 54.2 Å². The van der Waals surface area contributed by atoms with Crippen LogP contribution in [0.4, 0.5) is 0 Å². The number of piperidine rings is 1. The molecular formula is C21H23N3O. The van der Waals surface area contributed by atoms with Gasteiger partial charge in [-0.1, -0.05) is 30.3 Å². The molecule has 4 heteroatoms. The van der Waals surface area contributed by atoms with Crippen LogP contribution in [0, 0.1) is 5.92 Å². The monoisotopic (exact) mass is 333 g/mol. The summed E-state index contributed by atoms with van der Waals surface area (Å²) in [6.45, 7) is 2.61. The molecule has 1 aromatic heterocycles. The van der Waals surface area contributed by atoms with Crippen LogP contribution in [0.3, 0.4) is 0 Å². The molecule has 1 atom stereocenters. The normalized spacial score (nSPS) is 18.0. The van der Waals surface area contributed by atoms with Gasteiger partial charge in [0.1, 0.15) is 0 Å². The maximum Gasteiger partial charge on any atom is 0.256 e. The molecule has 1 N–H and O–H groups in total. The molecule has 2 heterocycles. The highest BCUT2D eigenvalue weighted by Gasteiger charge is 2.26. The fraction of sp³-hybridized carbons (Fsp3) is 0.333. The van der Waals surface area contributed by atoms with Crippen LogP contribution in [0.15, 0.2) is 48.7 Å². The molecule has 128 valence electrons. The molecule has 1 aliphatic rings. The summed E-state index contributed by atoms with van der Waals surface area (Å²) >= 11 is 0. The third-order valence-corrected chi connectivity index (χ3v) is 5.14. The van der Waals surface area contributed by atoms with Crippen LogP contribution in [-0.4, -0.2) is 42.5 Å². The first-order valence-corrected chi connectivity index (χ1v) is 8.98. The van der Waals surface area contributed by atoms with Crippen LogP contribution >= 0.6 is 0 Å². The zero-order valence-corrected chi connectivity index (χ0v) is 14.5. The second-order valence-corrected chi connectivity index (χ2v) is 6.86. The van der Waals surface area contributed by atoms with Crippen molar-refractivity contribution < 1.29 is 4.79 Å². The Balaban J connectivity index is 1.78. The summed E-state index contributed by atoms with van der Waals surface area (Å²) in [6.07, 6.45) is 4.02. The molecule has 0 aliphatic carbocycles. The largest absolute Gasteiger partial charge is 0.338 e. The predicted molar refractivity (Wildman–Crippen MR) is 102 cm³/mol. The molecule has 1 saturated heterocycles. The van der Waals surface area contributed by atoms with Crippen LogP contribution < -0.4 is 5.32 Å². The van der Waals surface area contributed by atoms with E-state index in [-0.39, 0.29) is 5.91 Å². The van der Waals surface area contributed by atoms with Crippen molar-refractivity contribution in [2.24, 2.45) is 5.92 Å². The van der Waals surface area contributed by atoms with Crippen LogP contribution in [-0.2, 0) is 0 Å². The van der Waals surface area contributed by atoms with E-state index < -0.39 is 0 Å². The van der Waals surface area contributed by atoms with Gasteiger partial charge >= 0.3 is 0 Å². The number of nitrogens with one attached hydrogen (secondary N) is 1. The maximum absolute atomic E-state index is 13.3. The van der Waals surface area contributed by atoms with E-state index in [0.717, 1.165) is 53.3 Å². The minimum atomic E-state index is 0.107. The average molecular weight is 333 g/mol. The first-order valence-electron chi connectivity index (χ1n) is 8.98. The number of rotatable bonds is 3. The number of benzene rings is 2. The van der Waals surface area contributed by atoms with Gasteiger partial charge in [-0.25, -0.2) is 0 Å². The fourth-order valence-electron chi connectivity index (χ4n) is 3.97. The van der Waals surface area contributed by atoms with Crippen LogP contribution in [0.1, 0.15) is 23.2 Å². The summed E-state index contributed by atoms with van der Waals surface area (Å²) in [5, 5.41) is 6.53. The number of nitrogens with zero attached hydrogens (tertiary/aromatic N) is 2. The zero-order valence-electron chi connectivity index (χ0n) is 14.5. The average Bonchev–Trinajstić information content (AvgIpc) is 2.67. The second-order valence-electron chi connectivity index (χ2n) is 6.86.